The highest BCUT2D eigenvalue weighted by atomic mass is 14.2. The standard InChI is InChI=1S/C24H32/c1-9-17-11-19(15-21(13-17)23(3,4)5)20-12-18(10-2)14-22(16-20)24(6,7)8/h11-14H,9-10H2,1-8H3. The topological polar surface area (TPSA) is 0 Å². The Balaban J connectivity index is 2.67. The summed E-state index contributed by atoms with van der Waals surface area (Å²) in [5.41, 5.74) is 7.89. The van der Waals surface area contributed by atoms with Crippen molar-refractivity contribution in [1.82, 2.24) is 0 Å². The van der Waals surface area contributed by atoms with Gasteiger partial charge in [-0.05, 0) is 69.2 Å². The predicted octanol–water partition coefficient (Wildman–Crippen LogP) is 6.67. The molecular weight excluding hydrogens is 288 g/mol. The second-order valence-electron chi connectivity index (χ2n) is 8.84. The van der Waals surface area contributed by atoms with Gasteiger partial charge in [-0.25, -0.2) is 0 Å². The van der Waals surface area contributed by atoms with E-state index in [1.807, 2.05) is 0 Å². The minimum absolute atomic E-state index is 0.106. The molecule has 0 heterocycles. The van der Waals surface area contributed by atoms with Crippen molar-refractivity contribution in [2.45, 2.75) is 79.1 Å². The van der Waals surface area contributed by atoms with Crippen LogP contribution in [0.25, 0.3) is 11.1 Å². The zero-order valence-corrected chi connectivity index (χ0v) is 16.7. The molecule has 0 aliphatic heterocycles. The fourth-order valence-corrected chi connectivity index (χ4v) is 2.77. The smallest absolute Gasteiger partial charge is 0.00583 e. The maximum absolute atomic E-state index is 3.67. The third kappa shape index (κ3) is 4.29. The van der Waals surface area contributed by atoms with Crippen molar-refractivity contribution < 1.29 is 0 Å². The maximum Gasteiger partial charge on any atom is -0.00583 e. The van der Waals surface area contributed by atoms with Gasteiger partial charge in [-0.15, -0.1) is 0 Å². The Morgan fingerprint density at radius 1 is 0.625 bits per heavy atom. The van der Waals surface area contributed by atoms with E-state index in [0.717, 1.165) is 12.8 Å². The zero-order valence-electron chi connectivity index (χ0n) is 16.7. The van der Waals surface area contributed by atoms with Gasteiger partial charge < -0.3 is 0 Å². The molecule has 0 heteroatoms. The Morgan fingerprint density at radius 2 is 0.958 bits per heavy atom. The molecule has 0 atom stereocenters. The maximum atomic E-state index is 3.67. The summed E-state index contributed by atoms with van der Waals surface area (Å²) in [6.07, 6.45) is 2.09. The van der Waals surface area contributed by atoms with E-state index in [2.05, 4.69) is 91.8 Å². The number of benzene rings is 2. The Hall–Kier alpha value is -1.56. The van der Waals surface area contributed by atoms with Gasteiger partial charge in [0.1, 0.15) is 0 Å². The van der Waals surface area contributed by atoms with E-state index >= 15 is 0 Å². The van der Waals surface area contributed by atoms with E-state index in [9.17, 15) is 0 Å². The molecule has 2 aromatic rings. The van der Waals surface area contributed by atoms with Crippen molar-refractivity contribution in [1.29, 1.82) is 0 Å². The van der Waals surface area contributed by atoms with Gasteiger partial charge in [0.15, 0.2) is 0 Å². The van der Waals surface area contributed by atoms with Crippen LogP contribution < -0.4 is 0 Å². The number of rotatable bonds is 3. The third-order valence-electron chi connectivity index (χ3n) is 4.58. The van der Waals surface area contributed by atoms with Gasteiger partial charge in [-0.3, -0.25) is 0 Å². The molecule has 0 amide bonds. The molecule has 0 saturated carbocycles. The lowest BCUT2D eigenvalue weighted by atomic mass is 9.81. The van der Waals surface area contributed by atoms with Crippen LogP contribution in [0.1, 0.15) is 77.6 Å². The lowest BCUT2D eigenvalue weighted by Gasteiger charge is -2.23. The van der Waals surface area contributed by atoms with Crippen LogP contribution in [0.15, 0.2) is 24.3 Å². The first-order chi connectivity index (χ1) is 11.0. The van der Waals surface area contributed by atoms with Crippen molar-refractivity contribution in [2.75, 3.05) is 0 Å². The van der Waals surface area contributed by atoms with Gasteiger partial charge in [-0.2, -0.15) is 0 Å². The molecule has 0 nitrogen and oxygen atoms in total. The molecule has 2 radical (unpaired) electrons. The van der Waals surface area contributed by atoms with Crippen LogP contribution in [-0.4, -0.2) is 0 Å². The lowest BCUT2D eigenvalue weighted by molar-refractivity contribution is 0.587. The Bertz CT molecular complexity index is 642. The monoisotopic (exact) mass is 320 g/mol. The van der Waals surface area contributed by atoms with E-state index in [4.69, 9.17) is 0 Å². The molecule has 2 rings (SSSR count). The molecule has 2 aromatic carbocycles. The quantitative estimate of drug-likeness (QED) is 0.592. The molecule has 0 fully saturated rings. The summed E-state index contributed by atoms with van der Waals surface area (Å²) in [5.74, 6) is 0. The average molecular weight is 321 g/mol. The van der Waals surface area contributed by atoms with E-state index in [1.165, 1.54) is 33.4 Å². The summed E-state index contributed by atoms with van der Waals surface area (Å²) in [6, 6.07) is 16.5. The first kappa shape index (κ1) is 18.8. The highest BCUT2D eigenvalue weighted by Crippen LogP contribution is 2.32. The van der Waals surface area contributed by atoms with Crippen LogP contribution in [0.5, 0.6) is 0 Å². The van der Waals surface area contributed by atoms with Gasteiger partial charge in [-0.1, -0.05) is 79.7 Å². The normalized spacial score (nSPS) is 12.5. The van der Waals surface area contributed by atoms with Crippen LogP contribution in [0.4, 0.5) is 0 Å². The van der Waals surface area contributed by atoms with E-state index in [0.29, 0.717) is 0 Å². The van der Waals surface area contributed by atoms with Gasteiger partial charge in [0, 0.05) is 0 Å². The van der Waals surface area contributed by atoms with Crippen LogP contribution in [-0.2, 0) is 23.7 Å². The molecule has 0 unspecified atom stereocenters. The van der Waals surface area contributed by atoms with Crippen molar-refractivity contribution in [2.24, 2.45) is 0 Å². The van der Waals surface area contributed by atoms with Gasteiger partial charge in [0.05, 0.1) is 0 Å². The van der Waals surface area contributed by atoms with Gasteiger partial charge in [0.25, 0.3) is 0 Å². The average Bonchev–Trinajstić information content (AvgIpc) is 2.52. The van der Waals surface area contributed by atoms with E-state index in [1.54, 1.807) is 0 Å². The van der Waals surface area contributed by atoms with Crippen LogP contribution in [0.2, 0.25) is 0 Å². The summed E-state index contributed by atoms with van der Waals surface area (Å²) in [7, 11) is 0. The molecule has 0 aromatic heterocycles. The zero-order chi connectivity index (χ0) is 18.1. The SMILES string of the molecule is CCc1cc(-c2[c]c(C(C)(C)C)cc(CC)c2)[c]c(C(C)(C)C)c1. The first-order valence-electron chi connectivity index (χ1n) is 9.18. The number of hydrogen-bond donors (Lipinski definition) is 0. The van der Waals surface area contributed by atoms with Crippen molar-refractivity contribution in [3.05, 3.63) is 58.7 Å². The molecule has 128 valence electrons. The van der Waals surface area contributed by atoms with Crippen molar-refractivity contribution >= 4 is 0 Å². The molecule has 0 aliphatic rings. The third-order valence-corrected chi connectivity index (χ3v) is 4.58. The Kier molecular flexibility index (Phi) is 5.28. The van der Waals surface area contributed by atoms with Crippen molar-refractivity contribution in [3.63, 3.8) is 0 Å². The largest absolute Gasteiger partial charge is 0.0613 e. The molecule has 24 heavy (non-hydrogen) atoms. The molecule has 0 aliphatic carbocycles. The predicted molar refractivity (Wildman–Crippen MR) is 106 cm³/mol. The Morgan fingerprint density at radius 3 is 1.21 bits per heavy atom. The second-order valence-corrected chi connectivity index (χ2v) is 8.84. The summed E-state index contributed by atoms with van der Waals surface area (Å²) >= 11 is 0. The summed E-state index contributed by atoms with van der Waals surface area (Å²) in [4.78, 5) is 0. The van der Waals surface area contributed by atoms with Crippen LogP contribution in [0, 0.1) is 12.1 Å². The molecule has 0 bridgehead atoms. The molecule has 0 N–H and O–H groups in total. The Labute approximate surface area is 149 Å². The first-order valence-corrected chi connectivity index (χ1v) is 9.18. The highest BCUT2D eigenvalue weighted by molar-refractivity contribution is 5.66. The minimum atomic E-state index is 0.106. The summed E-state index contributed by atoms with van der Waals surface area (Å²) < 4.78 is 0. The van der Waals surface area contributed by atoms with Gasteiger partial charge >= 0.3 is 0 Å². The fourth-order valence-electron chi connectivity index (χ4n) is 2.77. The van der Waals surface area contributed by atoms with E-state index < -0.39 is 0 Å². The van der Waals surface area contributed by atoms with Crippen LogP contribution in [0.3, 0.4) is 0 Å². The number of aryl methyl sites for hydroxylation is 2. The van der Waals surface area contributed by atoms with Crippen LogP contribution >= 0.6 is 0 Å². The van der Waals surface area contributed by atoms with Crippen molar-refractivity contribution in [3.8, 4) is 11.1 Å². The fraction of sp³-hybridized carbons (Fsp3) is 0.500. The molecule has 0 spiro atoms. The summed E-state index contributed by atoms with van der Waals surface area (Å²) in [6.45, 7) is 18.0. The minimum Gasteiger partial charge on any atom is -0.0613 e. The lowest BCUT2D eigenvalue weighted by Crippen LogP contribution is -2.13. The van der Waals surface area contributed by atoms with E-state index in [-0.39, 0.29) is 10.8 Å². The van der Waals surface area contributed by atoms with Gasteiger partial charge in [0.2, 0.25) is 0 Å². The highest BCUT2D eigenvalue weighted by Gasteiger charge is 2.19. The molecule has 0 saturated heterocycles. The number of hydrogen-bond acceptors (Lipinski definition) is 0. The molecular formula is C24H32. The summed E-state index contributed by atoms with van der Waals surface area (Å²) in [5, 5.41) is 0. The second kappa shape index (κ2) is 6.75.